The second-order valence-electron chi connectivity index (χ2n) is 4.55. The summed E-state index contributed by atoms with van der Waals surface area (Å²) in [5, 5.41) is 0.535. The van der Waals surface area contributed by atoms with Gasteiger partial charge in [0, 0.05) is 25.3 Å². The fraction of sp³-hybridized carbons (Fsp3) is 0.143. The summed E-state index contributed by atoms with van der Waals surface area (Å²) in [4.78, 5) is 0.248. The van der Waals surface area contributed by atoms with E-state index in [2.05, 4.69) is 0 Å². The summed E-state index contributed by atoms with van der Waals surface area (Å²) in [6, 6.07) is 11.8. The van der Waals surface area contributed by atoms with Crippen LogP contribution in [0.2, 0.25) is 5.02 Å². The van der Waals surface area contributed by atoms with Gasteiger partial charge in [0.15, 0.2) is 0 Å². The van der Waals surface area contributed by atoms with E-state index in [0.29, 0.717) is 10.7 Å². The number of nitrogens with zero attached hydrogens (tertiary/aromatic N) is 1. The molecule has 0 unspecified atom stereocenters. The lowest BCUT2D eigenvalue weighted by Gasteiger charge is -2.12. The Bertz CT molecular complexity index is 725. The van der Waals surface area contributed by atoms with Gasteiger partial charge in [-0.15, -0.1) is 0 Å². The first kappa shape index (κ1) is 14.8. The van der Waals surface area contributed by atoms with E-state index in [9.17, 15) is 8.42 Å². The van der Waals surface area contributed by atoms with Gasteiger partial charge in [0.05, 0.1) is 9.92 Å². The summed E-state index contributed by atoms with van der Waals surface area (Å²) in [6.45, 7) is 0. The molecule has 0 saturated heterocycles. The molecule has 2 aromatic rings. The SMILES string of the molecule is CN(C)S(=O)(=O)c1ccc(-c2ccc(N)cc2Cl)cc1. The molecule has 2 rings (SSSR count). The lowest BCUT2D eigenvalue weighted by molar-refractivity contribution is 0.521. The zero-order valence-corrected chi connectivity index (χ0v) is 12.7. The number of hydrogen-bond acceptors (Lipinski definition) is 3. The van der Waals surface area contributed by atoms with Gasteiger partial charge in [-0.05, 0) is 29.8 Å². The summed E-state index contributed by atoms with van der Waals surface area (Å²) in [5.74, 6) is 0. The molecule has 106 valence electrons. The van der Waals surface area contributed by atoms with Crippen molar-refractivity contribution >= 4 is 27.3 Å². The maximum Gasteiger partial charge on any atom is 0.242 e. The van der Waals surface area contributed by atoms with E-state index in [-0.39, 0.29) is 4.90 Å². The Labute approximate surface area is 123 Å². The van der Waals surface area contributed by atoms with E-state index >= 15 is 0 Å². The minimum atomic E-state index is -3.41. The van der Waals surface area contributed by atoms with Crippen LogP contribution in [0.15, 0.2) is 47.4 Å². The molecule has 0 spiro atoms. The molecule has 0 aliphatic heterocycles. The van der Waals surface area contributed by atoms with Gasteiger partial charge in [0.2, 0.25) is 10.0 Å². The maximum atomic E-state index is 12.0. The Hall–Kier alpha value is -1.56. The van der Waals surface area contributed by atoms with Gasteiger partial charge >= 0.3 is 0 Å². The smallest absolute Gasteiger partial charge is 0.242 e. The summed E-state index contributed by atoms with van der Waals surface area (Å²) in [7, 11) is -0.412. The van der Waals surface area contributed by atoms with E-state index in [0.717, 1.165) is 11.1 Å². The van der Waals surface area contributed by atoms with Crippen molar-refractivity contribution < 1.29 is 8.42 Å². The maximum absolute atomic E-state index is 12.0. The molecule has 2 aromatic carbocycles. The average Bonchev–Trinajstić information content (AvgIpc) is 2.38. The number of rotatable bonds is 3. The van der Waals surface area contributed by atoms with Gasteiger partial charge in [0.1, 0.15) is 0 Å². The van der Waals surface area contributed by atoms with Crippen molar-refractivity contribution in [2.24, 2.45) is 0 Å². The molecule has 0 aliphatic rings. The first-order chi connectivity index (χ1) is 9.32. The zero-order valence-electron chi connectivity index (χ0n) is 11.2. The Kier molecular flexibility index (Phi) is 4.04. The highest BCUT2D eigenvalue weighted by atomic mass is 35.5. The van der Waals surface area contributed by atoms with Crippen LogP contribution in [0.3, 0.4) is 0 Å². The van der Waals surface area contributed by atoms with Crippen molar-refractivity contribution in [3.05, 3.63) is 47.5 Å². The Morgan fingerprint density at radius 2 is 1.65 bits per heavy atom. The number of hydrogen-bond donors (Lipinski definition) is 1. The summed E-state index contributed by atoms with van der Waals surface area (Å²) in [5.41, 5.74) is 7.89. The molecule has 0 aliphatic carbocycles. The van der Waals surface area contributed by atoms with Gasteiger partial charge in [-0.2, -0.15) is 0 Å². The normalized spacial score (nSPS) is 11.8. The van der Waals surface area contributed by atoms with Gasteiger partial charge in [-0.25, -0.2) is 12.7 Å². The minimum absolute atomic E-state index is 0.248. The molecule has 0 bridgehead atoms. The lowest BCUT2D eigenvalue weighted by Crippen LogP contribution is -2.22. The number of halogens is 1. The Morgan fingerprint density at radius 1 is 1.05 bits per heavy atom. The number of nitrogen functional groups attached to an aromatic ring is 1. The average molecular weight is 311 g/mol. The van der Waals surface area contributed by atoms with Crippen LogP contribution in [0.4, 0.5) is 5.69 Å². The van der Waals surface area contributed by atoms with Crippen LogP contribution in [-0.2, 0) is 10.0 Å². The van der Waals surface area contributed by atoms with E-state index in [4.69, 9.17) is 17.3 Å². The molecule has 0 amide bonds. The highest BCUT2D eigenvalue weighted by Crippen LogP contribution is 2.30. The van der Waals surface area contributed by atoms with E-state index in [1.54, 1.807) is 36.4 Å². The molecule has 0 aromatic heterocycles. The molecule has 0 saturated carbocycles. The summed E-state index contributed by atoms with van der Waals surface area (Å²) in [6.07, 6.45) is 0. The second-order valence-corrected chi connectivity index (χ2v) is 7.11. The molecule has 0 radical (unpaired) electrons. The third-order valence-electron chi connectivity index (χ3n) is 2.94. The molecule has 2 N–H and O–H groups in total. The highest BCUT2D eigenvalue weighted by Gasteiger charge is 2.16. The molecule has 4 nitrogen and oxygen atoms in total. The number of nitrogens with two attached hydrogens (primary N) is 1. The summed E-state index contributed by atoms with van der Waals surface area (Å²) >= 11 is 6.14. The van der Waals surface area contributed by atoms with E-state index in [1.807, 2.05) is 6.07 Å². The quantitative estimate of drug-likeness (QED) is 0.887. The standard InChI is InChI=1S/C14H15ClN2O2S/c1-17(2)20(18,19)12-6-3-10(4-7-12)13-8-5-11(16)9-14(13)15/h3-9H,16H2,1-2H3. The van der Waals surface area contributed by atoms with Crippen molar-refractivity contribution in [3.63, 3.8) is 0 Å². The largest absolute Gasteiger partial charge is 0.399 e. The molecular formula is C14H15ClN2O2S. The monoisotopic (exact) mass is 310 g/mol. The Morgan fingerprint density at radius 3 is 2.15 bits per heavy atom. The fourth-order valence-electron chi connectivity index (χ4n) is 1.78. The Balaban J connectivity index is 2.43. The molecular weight excluding hydrogens is 296 g/mol. The van der Waals surface area contributed by atoms with E-state index < -0.39 is 10.0 Å². The molecule has 0 fully saturated rings. The third kappa shape index (κ3) is 2.80. The van der Waals surface area contributed by atoms with Gasteiger partial charge in [-0.1, -0.05) is 29.8 Å². The zero-order chi connectivity index (χ0) is 14.9. The van der Waals surface area contributed by atoms with Crippen LogP contribution >= 0.6 is 11.6 Å². The molecule has 6 heteroatoms. The van der Waals surface area contributed by atoms with Crippen LogP contribution in [0, 0.1) is 0 Å². The number of sulfonamides is 1. The first-order valence-corrected chi connectivity index (χ1v) is 7.72. The first-order valence-electron chi connectivity index (χ1n) is 5.90. The van der Waals surface area contributed by atoms with Crippen molar-refractivity contribution in [2.75, 3.05) is 19.8 Å². The van der Waals surface area contributed by atoms with Crippen LogP contribution in [-0.4, -0.2) is 26.8 Å². The van der Waals surface area contributed by atoms with E-state index in [1.165, 1.54) is 18.4 Å². The van der Waals surface area contributed by atoms with Gasteiger partial charge in [0.25, 0.3) is 0 Å². The van der Waals surface area contributed by atoms with Crippen LogP contribution < -0.4 is 5.73 Å². The topological polar surface area (TPSA) is 63.4 Å². The van der Waals surface area contributed by atoms with Crippen molar-refractivity contribution in [1.29, 1.82) is 0 Å². The number of anilines is 1. The summed E-state index contributed by atoms with van der Waals surface area (Å²) < 4.78 is 25.1. The molecule has 0 heterocycles. The second kappa shape index (κ2) is 5.44. The molecule has 20 heavy (non-hydrogen) atoms. The van der Waals surface area contributed by atoms with Crippen molar-refractivity contribution in [3.8, 4) is 11.1 Å². The number of benzene rings is 2. The van der Waals surface area contributed by atoms with Crippen LogP contribution in [0.1, 0.15) is 0 Å². The predicted octanol–water partition coefficient (Wildman–Crippen LogP) is 2.84. The molecule has 0 atom stereocenters. The minimum Gasteiger partial charge on any atom is -0.399 e. The van der Waals surface area contributed by atoms with Gasteiger partial charge in [-0.3, -0.25) is 0 Å². The lowest BCUT2D eigenvalue weighted by atomic mass is 10.1. The predicted molar refractivity (Wildman–Crippen MR) is 82.2 cm³/mol. The van der Waals surface area contributed by atoms with Crippen LogP contribution in [0.5, 0.6) is 0 Å². The third-order valence-corrected chi connectivity index (χ3v) is 5.08. The van der Waals surface area contributed by atoms with Crippen molar-refractivity contribution in [1.82, 2.24) is 4.31 Å². The van der Waals surface area contributed by atoms with Crippen molar-refractivity contribution in [2.45, 2.75) is 4.90 Å². The van der Waals surface area contributed by atoms with Gasteiger partial charge < -0.3 is 5.73 Å². The highest BCUT2D eigenvalue weighted by molar-refractivity contribution is 7.89. The van der Waals surface area contributed by atoms with Crippen LogP contribution in [0.25, 0.3) is 11.1 Å². The fourth-order valence-corrected chi connectivity index (χ4v) is 2.98.